The largest absolute Gasteiger partial charge is 0.329 e. The summed E-state index contributed by atoms with van der Waals surface area (Å²) < 4.78 is 0. The highest BCUT2D eigenvalue weighted by Crippen LogP contribution is 2.21. The van der Waals surface area contributed by atoms with E-state index in [1.165, 1.54) is 11.1 Å². The van der Waals surface area contributed by atoms with Gasteiger partial charge in [-0.2, -0.15) is 0 Å². The molecular weight excluding hydrogens is 198 g/mol. The number of anilines is 1. The average molecular weight is 211 g/mol. The van der Waals surface area contributed by atoms with Crippen LogP contribution >= 0.6 is 0 Å². The Balaban J connectivity index is 2.27. The Labute approximate surface area is 94.9 Å². The van der Waals surface area contributed by atoms with Crippen molar-refractivity contribution in [3.8, 4) is 11.1 Å². The van der Waals surface area contributed by atoms with Crippen molar-refractivity contribution in [2.45, 2.75) is 6.92 Å². The zero-order valence-corrected chi connectivity index (χ0v) is 9.10. The number of hydrogen-bond acceptors (Lipinski definition) is 1. The molecule has 2 aromatic carbocycles. The maximum absolute atomic E-state index is 10.3. The highest BCUT2D eigenvalue weighted by Gasteiger charge is 1.97. The van der Waals surface area contributed by atoms with E-state index in [0.29, 0.717) is 6.41 Å². The number of carbonyl (C=O) groups is 1. The summed E-state index contributed by atoms with van der Waals surface area (Å²) in [5.74, 6) is 0. The highest BCUT2D eigenvalue weighted by molar-refractivity contribution is 5.73. The number of hydrogen-bond donors (Lipinski definition) is 1. The predicted octanol–water partition coefficient (Wildman–Crippen LogP) is 3.23. The van der Waals surface area contributed by atoms with Crippen LogP contribution in [0.25, 0.3) is 11.1 Å². The smallest absolute Gasteiger partial charge is 0.211 e. The summed E-state index contributed by atoms with van der Waals surface area (Å²) in [4.78, 5) is 10.3. The van der Waals surface area contributed by atoms with Gasteiger partial charge in [0.2, 0.25) is 6.41 Å². The molecule has 1 N–H and O–H groups in total. The lowest BCUT2D eigenvalue weighted by Crippen LogP contribution is -1.92. The van der Waals surface area contributed by atoms with Crippen LogP contribution in [-0.2, 0) is 4.79 Å². The average Bonchev–Trinajstić information content (AvgIpc) is 2.32. The van der Waals surface area contributed by atoms with E-state index in [-0.39, 0.29) is 0 Å². The van der Waals surface area contributed by atoms with Gasteiger partial charge in [-0.1, -0.05) is 42.0 Å². The van der Waals surface area contributed by atoms with Crippen LogP contribution in [0.5, 0.6) is 0 Å². The molecule has 0 aliphatic heterocycles. The third kappa shape index (κ3) is 2.28. The fraction of sp³-hybridized carbons (Fsp3) is 0.0714. The van der Waals surface area contributed by atoms with E-state index >= 15 is 0 Å². The molecule has 0 aromatic heterocycles. The quantitative estimate of drug-likeness (QED) is 0.776. The summed E-state index contributed by atoms with van der Waals surface area (Å²) in [7, 11) is 0. The lowest BCUT2D eigenvalue weighted by atomic mass is 10.0. The van der Waals surface area contributed by atoms with Crippen LogP contribution in [0.15, 0.2) is 48.5 Å². The Morgan fingerprint density at radius 1 is 0.875 bits per heavy atom. The van der Waals surface area contributed by atoms with Crippen molar-refractivity contribution in [1.29, 1.82) is 0 Å². The molecule has 0 saturated heterocycles. The molecule has 2 nitrogen and oxygen atoms in total. The van der Waals surface area contributed by atoms with Crippen molar-refractivity contribution in [1.82, 2.24) is 0 Å². The third-order valence-corrected chi connectivity index (χ3v) is 2.50. The summed E-state index contributed by atoms with van der Waals surface area (Å²) in [6.07, 6.45) is 0.681. The fourth-order valence-electron chi connectivity index (χ4n) is 1.57. The predicted molar refractivity (Wildman–Crippen MR) is 66.3 cm³/mol. The lowest BCUT2D eigenvalue weighted by Gasteiger charge is -2.03. The van der Waals surface area contributed by atoms with Crippen molar-refractivity contribution in [2.75, 3.05) is 5.32 Å². The van der Waals surface area contributed by atoms with Gasteiger partial charge in [0.25, 0.3) is 0 Å². The number of aryl methyl sites for hydroxylation is 1. The van der Waals surface area contributed by atoms with Crippen molar-refractivity contribution in [2.24, 2.45) is 0 Å². The van der Waals surface area contributed by atoms with E-state index in [1.54, 1.807) is 0 Å². The molecule has 0 fully saturated rings. The van der Waals surface area contributed by atoms with E-state index in [2.05, 4.69) is 36.5 Å². The maximum atomic E-state index is 10.3. The fourth-order valence-corrected chi connectivity index (χ4v) is 1.57. The topological polar surface area (TPSA) is 29.1 Å². The van der Waals surface area contributed by atoms with E-state index in [4.69, 9.17) is 0 Å². The van der Waals surface area contributed by atoms with Gasteiger partial charge in [0.1, 0.15) is 0 Å². The molecule has 0 bridgehead atoms. The summed E-state index contributed by atoms with van der Waals surface area (Å²) in [6, 6.07) is 16.1. The molecule has 2 rings (SSSR count). The van der Waals surface area contributed by atoms with Gasteiger partial charge >= 0.3 is 0 Å². The SMILES string of the molecule is Cc1ccc(-c2ccc(NC=O)cc2)cc1. The summed E-state index contributed by atoms with van der Waals surface area (Å²) in [5.41, 5.74) is 4.40. The number of amides is 1. The zero-order valence-electron chi connectivity index (χ0n) is 9.10. The molecule has 0 spiro atoms. The minimum absolute atomic E-state index is 0.681. The van der Waals surface area contributed by atoms with E-state index < -0.39 is 0 Å². The second-order valence-corrected chi connectivity index (χ2v) is 3.71. The van der Waals surface area contributed by atoms with Gasteiger partial charge < -0.3 is 5.32 Å². The molecule has 0 heterocycles. The molecule has 0 atom stereocenters. The number of benzene rings is 2. The first-order valence-electron chi connectivity index (χ1n) is 5.17. The molecule has 0 aliphatic rings. The number of carbonyl (C=O) groups excluding carboxylic acids is 1. The summed E-state index contributed by atoms with van der Waals surface area (Å²) in [5, 5.41) is 2.61. The summed E-state index contributed by atoms with van der Waals surface area (Å²) >= 11 is 0. The third-order valence-electron chi connectivity index (χ3n) is 2.50. The Hall–Kier alpha value is -2.09. The van der Waals surface area contributed by atoms with E-state index in [9.17, 15) is 4.79 Å². The van der Waals surface area contributed by atoms with Crippen LogP contribution in [0.1, 0.15) is 5.56 Å². The summed E-state index contributed by atoms with van der Waals surface area (Å²) in [6.45, 7) is 2.07. The molecular formula is C14H13NO. The van der Waals surface area contributed by atoms with E-state index in [1.807, 2.05) is 24.3 Å². The van der Waals surface area contributed by atoms with E-state index in [0.717, 1.165) is 11.3 Å². The monoisotopic (exact) mass is 211 g/mol. The molecule has 0 saturated carbocycles. The van der Waals surface area contributed by atoms with Crippen LogP contribution in [0.4, 0.5) is 5.69 Å². The van der Waals surface area contributed by atoms with Gasteiger partial charge in [0.05, 0.1) is 0 Å². The molecule has 80 valence electrons. The second kappa shape index (κ2) is 4.62. The van der Waals surface area contributed by atoms with Crippen molar-refractivity contribution in [3.63, 3.8) is 0 Å². The molecule has 1 amide bonds. The molecule has 16 heavy (non-hydrogen) atoms. The van der Waals surface area contributed by atoms with Crippen LogP contribution < -0.4 is 5.32 Å². The number of nitrogens with one attached hydrogen (secondary N) is 1. The minimum atomic E-state index is 0.681. The highest BCUT2D eigenvalue weighted by atomic mass is 16.1. The van der Waals surface area contributed by atoms with Gasteiger partial charge in [-0.25, -0.2) is 0 Å². The standard InChI is InChI=1S/C14H13NO/c1-11-2-4-12(5-3-11)13-6-8-14(9-7-13)15-10-16/h2-10H,1H3,(H,15,16). The first kappa shape index (κ1) is 10.4. The van der Waals surface area contributed by atoms with Crippen LogP contribution in [0.2, 0.25) is 0 Å². The van der Waals surface area contributed by atoms with Gasteiger partial charge in [-0.15, -0.1) is 0 Å². The molecule has 2 aromatic rings. The lowest BCUT2D eigenvalue weighted by molar-refractivity contribution is -0.105. The van der Waals surface area contributed by atoms with Crippen LogP contribution in [0.3, 0.4) is 0 Å². The Kier molecular flexibility index (Phi) is 3.01. The van der Waals surface area contributed by atoms with Gasteiger partial charge in [0, 0.05) is 5.69 Å². The van der Waals surface area contributed by atoms with Crippen molar-refractivity contribution >= 4 is 12.1 Å². The van der Waals surface area contributed by atoms with Crippen molar-refractivity contribution in [3.05, 3.63) is 54.1 Å². The zero-order chi connectivity index (χ0) is 11.4. The Morgan fingerprint density at radius 3 is 1.88 bits per heavy atom. The van der Waals surface area contributed by atoms with Gasteiger partial charge in [-0.05, 0) is 30.2 Å². The van der Waals surface area contributed by atoms with Crippen molar-refractivity contribution < 1.29 is 4.79 Å². The maximum Gasteiger partial charge on any atom is 0.211 e. The van der Waals surface area contributed by atoms with Gasteiger partial charge in [0.15, 0.2) is 0 Å². The molecule has 0 radical (unpaired) electrons. The van der Waals surface area contributed by atoms with Crippen LogP contribution in [0, 0.1) is 6.92 Å². The Morgan fingerprint density at radius 2 is 1.38 bits per heavy atom. The van der Waals surface area contributed by atoms with Crippen LogP contribution in [-0.4, -0.2) is 6.41 Å². The molecule has 0 unspecified atom stereocenters. The molecule has 0 aliphatic carbocycles. The Bertz CT molecular complexity index is 471. The van der Waals surface area contributed by atoms with Gasteiger partial charge in [-0.3, -0.25) is 4.79 Å². The minimum Gasteiger partial charge on any atom is -0.329 e. The molecule has 2 heteroatoms. The second-order valence-electron chi connectivity index (χ2n) is 3.71. The number of rotatable bonds is 3. The first-order chi connectivity index (χ1) is 7.79. The normalized spacial score (nSPS) is 9.81. The first-order valence-corrected chi connectivity index (χ1v) is 5.17.